The Labute approximate surface area is 145 Å². The number of hydrogen-bond donors (Lipinski definition) is 4. The van der Waals surface area contributed by atoms with Gasteiger partial charge in [0.05, 0.1) is 11.1 Å². The highest BCUT2D eigenvalue weighted by Gasteiger charge is 2.13. The first-order valence-electron chi connectivity index (χ1n) is 7.99. The van der Waals surface area contributed by atoms with Gasteiger partial charge in [0, 0.05) is 12.8 Å². The Bertz CT molecular complexity index is 716. The average Bonchev–Trinajstić information content (AvgIpc) is 2.58. The summed E-state index contributed by atoms with van der Waals surface area (Å²) in [4.78, 5) is 24.0. The molecule has 0 aromatic heterocycles. The van der Waals surface area contributed by atoms with E-state index in [2.05, 4.69) is 0 Å². The van der Waals surface area contributed by atoms with Crippen LogP contribution in [0.4, 0.5) is 0 Å². The van der Waals surface area contributed by atoms with Crippen LogP contribution in [0, 0.1) is 0 Å². The topological polar surface area (TPSA) is 115 Å². The minimum Gasteiger partial charge on any atom is -0.508 e. The van der Waals surface area contributed by atoms with Crippen LogP contribution in [0.5, 0.6) is 23.0 Å². The maximum atomic E-state index is 12.0. The summed E-state index contributed by atoms with van der Waals surface area (Å²) < 4.78 is 0. The van der Waals surface area contributed by atoms with Crippen molar-refractivity contribution in [2.24, 2.45) is 0 Å². The first-order valence-corrected chi connectivity index (χ1v) is 7.99. The van der Waals surface area contributed by atoms with E-state index in [-0.39, 0.29) is 58.5 Å². The number of unbranched alkanes of at least 4 members (excludes halogenated alkanes) is 2. The number of rotatable bonds is 8. The molecule has 2 rings (SSSR count). The zero-order chi connectivity index (χ0) is 18.4. The van der Waals surface area contributed by atoms with E-state index >= 15 is 0 Å². The summed E-state index contributed by atoms with van der Waals surface area (Å²) in [7, 11) is 0. The number of carbonyl (C=O) groups excluding carboxylic acids is 2. The molecule has 0 unspecified atom stereocenters. The second kappa shape index (κ2) is 8.19. The summed E-state index contributed by atoms with van der Waals surface area (Å²) >= 11 is 0. The lowest BCUT2D eigenvalue weighted by Gasteiger charge is -2.06. The van der Waals surface area contributed by atoms with E-state index in [1.54, 1.807) is 0 Å². The number of Topliss-reactive ketones (excluding diaryl/α,β-unsaturated/α-hetero) is 2. The Kier molecular flexibility index (Phi) is 6.00. The van der Waals surface area contributed by atoms with Gasteiger partial charge in [-0.3, -0.25) is 9.59 Å². The monoisotopic (exact) mass is 344 g/mol. The van der Waals surface area contributed by atoms with Crippen LogP contribution in [0.25, 0.3) is 0 Å². The fraction of sp³-hybridized carbons (Fsp3) is 0.263. The molecule has 0 spiro atoms. The lowest BCUT2D eigenvalue weighted by molar-refractivity contribution is 0.0975. The summed E-state index contributed by atoms with van der Waals surface area (Å²) in [5.74, 6) is -1.05. The Hall–Kier alpha value is -3.02. The molecule has 0 amide bonds. The van der Waals surface area contributed by atoms with Gasteiger partial charge >= 0.3 is 0 Å². The lowest BCUT2D eigenvalue weighted by atomic mass is 10.0. The molecular weight excluding hydrogens is 324 g/mol. The molecule has 0 heterocycles. The largest absolute Gasteiger partial charge is 0.508 e. The van der Waals surface area contributed by atoms with E-state index in [0.717, 1.165) is 0 Å². The average molecular weight is 344 g/mol. The summed E-state index contributed by atoms with van der Waals surface area (Å²) in [6, 6.07) is 7.59. The number of aromatic hydroxyl groups is 4. The molecule has 0 atom stereocenters. The second-order valence-corrected chi connectivity index (χ2v) is 5.81. The number of ketones is 2. The molecule has 0 saturated heterocycles. The van der Waals surface area contributed by atoms with Crippen molar-refractivity contribution in [2.75, 3.05) is 0 Å². The van der Waals surface area contributed by atoms with Gasteiger partial charge in [-0.2, -0.15) is 0 Å². The van der Waals surface area contributed by atoms with Crippen molar-refractivity contribution in [3.05, 3.63) is 47.5 Å². The van der Waals surface area contributed by atoms with Gasteiger partial charge in [0.25, 0.3) is 0 Å². The normalized spacial score (nSPS) is 10.6. The van der Waals surface area contributed by atoms with E-state index in [0.29, 0.717) is 19.3 Å². The van der Waals surface area contributed by atoms with Gasteiger partial charge in [0.1, 0.15) is 23.0 Å². The quantitative estimate of drug-likeness (QED) is 0.331. The van der Waals surface area contributed by atoms with Gasteiger partial charge in [-0.15, -0.1) is 0 Å². The zero-order valence-corrected chi connectivity index (χ0v) is 13.6. The molecular formula is C19H20O6. The van der Waals surface area contributed by atoms with Crippen LogP contribution >= 0.6 is 0 Å². The zero-order valence-electron chi connectivity index (χ0n) is 13.6. The third-order valence-electron chi connectivity index (χ3n) is 3.87. The number of phenolic OH excluding ortho intramolecular Hbond substituents is 4. The molecule has 0 fully saturated rings. The van der Waals surface area contributed by atoms with Crippen molar-refractivity contribution < 1.29 is 30.0 Å². The minimum atomic E-state index is -0.273. The molecule has 0 aliphatic heterocycles. The van der Waals surface area contributed by atoms with E-state index < -0.39 is 0 Å². The van der Waals surface area contributed by atoms with Crippen LogP contribution in [0.1, 0.15) is 52.8 Å². The van der Waals surface area contributed by atoms with Gasteiger partial charge in [-0.1, -0.05) is 6.42 Å². The summed E-state index contributed by atoms with van der Waals surface area (Å²) in [6.07, 6.45) is 2.09. The molecule has 0 aliphatic carbocycles. The van der Waals surface area contributed by atoms with Gasteiger partial charge in [0.2, 0.25) is 0 Å². The van der Waals surface area contributed by atoms with Crippen LogP contribution in [-0.2, 0) is 0 Å². The van der Waals surface area contributed by atoms with E-state index in [9.17, 15) is 30.0 Å². The Morgan fingerprint density at radius 3 is 1.44 bits per heavy atom. The highest BCUT2D eigenvalue weighted by molar-refractivity contribution is 5.99. The number of hydrogen-bond acceptors (Lipinski definition) is 6. The Balaban J connectivity index is 1.78. The first kappa shape index (κ1) is 18.3. The molecule has 2 aromatic rings. The molecule has 0 saturated carbocycles. The standard InChI is InChI=1S/C19H20O6/c20-12-6-8-18(24)14(10-12)16(22)4-2-1-3-5-17(23)15-11-13(21)7-9-19(15)25/h6-11,20-21,24-25H,1-5H2. The maximum Gasteiger partial charge on any atom is 0.166 e. The fourth-order valence-corrected chi connectivity index (χ4v) is 2.51. The number of benzene rings is 2. The predicted octanol–water partition coefficient (Wildman–Crippen LogP) is 3.53. The first-order chi connectivity index (χ1) is 11.9. The van der Waals surface area contributed by atoms with Crippen molar-refractivity contribution in [3.8, 4) is 23.0 Å². The third kappa shape index (κ3) is 4.97. The van der Waals surface area contributed by atoms with Crippen LogP contribution < -0.4 is 0 Å². The number of carbonyl (C=O) groups is 2. The van der Waals surface area contributed by atoms with E-state index in [4.69, 9.17) is 0 Å². The molecule has 0 bridgehead atoms. The predicted molar refractivity (Wildman–Crippen MR) is 91.3 cm³/mol. The fourth-order valence-electron chi connectivity index (χ4n) is 2.51. The van der Waals surface area contributed by atoms with Gasteiger partial charge in [-0.05, 0) is 49.2 Å². The van der Waals surface area contributed by atoms with Crippen molar-refractivity contribution >= 4 is 11.6 Å². The maximum absolute atomic E-state index is 12.0. The molecule has 6 heteroatoms. The molecule has 0 radical (unpaired) electrons. The van der Waals surface area contributed by atoms with Crippen LogP contribution in [-0.4, -0.2) is 32.0 Å². The third-order valence-corrected chi connectivity index (χ3v) is 3.87. The smallest absolute Gasteiger partial charge is 0.166 e. The van der Waals surface area contributed by atoms with Crippen LogP contribution in [0.2, 0.25) is 0 Å². The van der Waals surface area contributed by atoms with Crippen molar-refractivity contribution in [1.29, 1.82) is 0 Å². The van der Waals surface area contributed by atoms with Crippen molar-refractivity contribution in [1.82, 2.24) is 0 Å². The van der Waals surface area contributed by atoms with Crippen LogP contribution in [0.15, 0.2) is 36.4 Å². The SMILES string of the molecule is O=C(CCCCCC(=O)c1cc(O)ccc1O)c1cc(O)ccc1O. The van der Waals surface area contributed by atoms with Gasteiger partial charge in [0.15, 0.2) is 11.6 Å². The highest BCUT2D eigenvalue weighted by Crippen LogP contribution is 2.25. The van der Waals surface area contributed by atoms with Crippen LogP contribution in [0.3, 0.4) is 0 Å². The Morgan fingerprint density at radius 2 is 1.04 bits per heavy atom. The molecule has 6 nitrogen and oxygen atoms in total. The van der Waals surface area contributed by atoms with Gasteiger partial charge < -0.3 is 20.4 Å². The highest BCUT2D eigenvalue weighted by atomic mass is 16.3. The van der Waals surface area contributed by atoms with Gasteiger partial charge in [-0.25, -0.2) is 0 Å². The van der Waals surface area contributed by atoms with Crippen molar-refractivity contribution in [3.63, 3.8) is 0 Å². The summed E-state index contributed by atoms with van der Waals surface area (Å²) in [6.45, 7) is 0. The number of phenols is 4. The van der Waals surface area contributed by atoms with E-state index in [1.807, 2.05) is 0 Å². The Morgan fingerprint density at radius 1 is 0.640 bits per heavy atom. The van der Waals surface area contributed by atoms with Crippen molar-refractivity contribution in [2.45, 2.75) is 32.1 Å². The molecule has 0 aliphatic rings. The summed E-state index contributed by atoms with van der Waals surface area (Å²) in [5.41, 5.74) is 0.168. The molecule has 132 valence electrons. The minimum absolute atomic E-state index is 0.0840. The molecule has 4 N–H and O–H groups in total. The van der Waals surface area contributed by atoms with E-state index in [1.165, 1.54) is 36.4 Å². The molecule has 2 aromatic carbocycles. The molecule has 25 heavy (non-hydrogen) atoms. The lowest BCUT2D eigenvalue weighted by Crippen LogP contribution is -2.01. The summed E-state index contributed by atoms with van der Waals surface area (Å²) in [5, 5.41) is 38.0. The second-order valence-electron chi connectivity index (χ2n) is 5.81.